The molecule has 1 aromatic heterocycles. The molecule has 2 aliphatic rings. The second kappa shape index (κ2) is 7.16. The summed E-state index contributed by atoms with van der Waals surface area (Å²) in [7, 11) is -0.400. The van der Waals surface area contributed by atoms with Gasteiger partial charge in [0.1, 0.15) is 0 Å². The van der Waals surface area contributed by atoms with Gasteiger partial charge < -0.3 is 10.2 Å². The molecular weight excluding hydrogens is 398 g/mol. The molecule has 1 aliphatic heterocycles. The standard InChI is InChI=1S/C19H23N3O2S3/c1-21(2)27(23,24)15-5-3-4-14(12-15)20-19(25)22-10-8-17-16(9-11-26-17)18(22)13-6-7-13/h3-5,9,11-13,18H,6-8,10H2,1-2H3,(H,20,25)/t18-/m1/s1. The van der Waals surface area contributed by atoms with Gasteiger partial charge in [0.2, 0.25) is 10.0 Å². The zero-order valence-electron chi connectivity index (χ0n) is 15.4. The van der Waals surface area contributed by atoms with Crippen molar-refractivity contribution in [2.75, 3.05) is 26.0 Å². The van der Waals surface area contributed by atoms with E-state index in [4.69, 9.17) is 12.2 Å². The van der Waals surface area contributed by atoms with Gasteiger partial charge in [-0.15, -0.1) is 11.3 Å². The van der Waals surface area contributed by atoms with Gasteiger partial charge in [-0.1, -0.05) is 6.07 Å². The van der Waals surface area contributed by atoms with Crippen molar-refractivity contribution in [1.29, 1.82) is 0 Å². The summed E-state index contributed by atoms with van der Waals surface area (Å²) in [5.74, 6) is 0.666. The summed E-state index contributed by atoms with van der Waals surface area (Å²) in [4.78, 5) is 4.03. The van der Waals surface area contributed by atoms with E-state index < -0.39 is 10.0 Å². The molecule has 27 heavy (non-hydrogen) atoms. The van der Waals surface area contributed by atoms with Crippen LogP contribution in [0.4, 0.5) is 5.69 Å². The molecule has 0 radical (unpaired) electrons. The van der Waals surface area contributed by atoms with Gasteiger partial charge in [-0.3, -0.25) is 0 Å². The van der Waals surface area contributed by atoms with E-state index in [1.807, 2.05) is 17.4 Å². The van der Waals surface area contributed by atoms with Crippen LogP contribution in [0.15, 0.2) is 40.6 Å². The fourth-order valence-electron chi connectivity index (χ4n) is 3.63. The molecular formula is C19H23N3O2S3. The summed E-state index contributed by atoms with van der Waals surface area (Å²) in [6.07, 6.45) is 3.50. The Morgan fingerprint density at radius 2 is 2.07 bits per heavy atom. The summed E-state index contributed by atoms with van der Waals surface area (Å²) in [5.41, 5.74) is 2.12. The molecule has 4 rings (SSSR count). The number of rotatable bonds is 4. The van der Waals surface area contributed by atoms with Crippen molar-refractivity contribution in [3.63, 3.8) is 0 Å². The second-order valence-electron chi connectivity index (χ2n) is 7.27. The Balaban J connectivity index is 1.56. The number of anilines is 1. The Morgan fingerprint density at radius 3 is 2.78 bits per heavy atom. The lowest BCUT2D eigenvalue weighted by Gasteiger charge is -2.38. The summed E-state index contributed by atoms with van der Waals surface area (Å²) < 4.78 is 26.0. The zero-order chi connectivity index (χ0) is 19.2. The minimum atomic E-state index is -3.47. The average molecular weight is 422 g/mol. The Labute approximate surface area is 170 Å². The molecule has 0 amide bonds. The highest BCUT2D eigenvalue weighted by Crippen LogP contribution is 2.48. The third-order valence-electron chi connectivity index (χ3n) is 5.21. The highest BCUT2D eigenvalue weighted by Gasteiger charge is 2.40. The number of thiophene rings is 1. The van der Waals surface area contributed by atoms with Crippen molar-refractivity contribution in [3.8, 4) is 0 Å². The summed E-state index contributed by atoms with van der Waals surface area (Å²) in [6, 6.07) is 9.43. The third kappa shape index (κ3) is 3.63. The maximum atomic E-state index is 12.4. The third-order valence-corrected chi connectivity index (χ3v) is 8.35. The second-order valence-corrected chi connectivity index (χ2v) is 10.8. The maximum Gasteiger partial charge on any atom is 0.242 e. The largest absolute Gasteiger partial charge is 0.341 e. The average Bonchev–Trinajstić information content (AvgIpc) is 3.37. The Bertz CT molecular complexity index is 964. The quantitative estimate of drug-likeness (QED) is 0.763. The van der Waals surface area contributed by atoms with Gasteiger partial charge in [-0.2, -0.15) is 0 Å². The molecule has 1 fully saturated rings. The summed E-state index contributed by atoms with van der Waals surface area (Å²) >= 11 is 7.57. The minimum absolute atomic E-state index is 0.262. The lowest BCUT2D eigenvalue weighted by molar-refractivity contribution is 0.276. The van der Waals surface area contributed by atoms with E-state index >= 15 is 0 Å². The van der Waals surface area contributed by atoms with Gasteiger partial charge in [0.15, 0.2) is 5.11 Å². The van der Waals surface area contributed by atoms with E-state index in [2.05, 4.69) is 21.7 Å². The van der Waals surface area contributed by atoms with E-state index in [-0.39, 0.29) is 4.90 Å². The molecule has 2 heterocycles. The first kappa shape index (κ1) is 18.9. The van der Waals surface area contributed by atoms with Gasteiger partial charge in [0.05, 0.1) is 10.9 Å². The molecule has 1 aliphatic carbocycles. The fraction of sp³-hybridized carbons (Fsp3) is 0.421. The predicted molar refractivity (Wildman–Crippen MR) is 114 cm³/mol. The topological polar surface area (TPSA) is 52.7 Å². The van der Waals surface area contributed by atoms with Gasteiger partial charge in [-0.25, -0.2) is 12.7 Å². The smallest absolute Gasteiger partial charge is 0.242 e. The molecule has 144 valence electrons. The monoisotopic (exact) mass is 421 g/mol. The Hall–Kier alpha value is -1.48. The number of nitrogens with zero attached hydrogens (tertiary/aromatic N) is 2. The number of fused-ring (bicyclic) bond motifs is 1. The normalized spacial score (nSPS) is 19.8. The zero-order valence-corrected chi connectivity index (χ0v) is 17.8. The molecule has 1 N–H and O–H groups in total. The molecule has 0 unspecified atom stereocenters. The van der Waals surface area contributed by atoms with Crippen LogP contribution in [0.2, 0.25) is 0 Å². The highest BCUT2D eigenvalue weighted by atomic mass is 32.2. The van der Waals surface area contributed by atoms with Crippen LogP contribution in [0, 0.1) is 5.92 Å². The fourth-order valence-corrected chi connectivity index (χ4v) is 5.82. The van der Waals surface area contributed by atoms with Crippen molar-refractivity contribution in [1.82, 2.24) is 9.21 Å². The van der Waals surface area contributed by atoms with Gasteiger partial charge >= 0.3 is 0 Å². The molecule has 1 atom stereocenters. The molecule has 5 nitrogen and oxygen atoms in total. The molecule has 0 spiro atoms. The number of hydrogen-bond acceptors (Lipinski definition) is 4. The van der Waals surface area contributed by atoms with Crippen molar-refractivity contribution in [3.05, 3.63) is 46.2 Å². The summed E-state index contributed by atoms with van der Waals surface area (Å²) in [6.45, 7) is 0.899. The van der Waals surface area contributed by atoms with E-state index in [9.17, 15) is 8.42 Å². The van der Waals surface area contributed by atoms with Crippen LogP contribution in [-0.4, -0.2) is 43.4 Å². The first-order valence-electron chi connectivity index (χ1n) is 9.04. The number of benzene rings is 1. The van der Waals surface area contributed by atoms with Crippen LogP contribution in [0.25, 0.3) is 0 Å². The summed E-state index contributed by atoms with van der Waals surface area (Å²) in [5, 5.41) is 6.12. The van der Waals surface area contributed by atoms with E-state index in [0.29, 0.717) is 22.8 Å². The highest BCUT2D eigenvalue weighted by molar-refractivity contribution is 7.89. The van der Waals surface area contributed by atoms with Crippen LogP contribution in [0.1, 0.15) is 29.3 Å². The van der Waals surface area contributed by atoms with E-state index in [0.717, 1.165) is 13.0 Å². The maximum absolute atomic E-state index is 12.4. The predicted octanol–water partition coefficient (Wildman–Crippen LogP) is 3.70. The van der Waals surface area contributed by atoms with Crippen molar-refractivity contribution in [2.45, 2.75) is 30.2 Å². The van der Waals surface area contributed by atoms with Crippen LogP contribution in [-0.2, 0) is 16.4 Å². The molecule has 1 saturated carbocycles. The SMILES string of the molecule is CN(C)S(=O)(=O)c1cccc(NC(=S)N2CCc3sccc3[C@H]2C2CC2)c1. The van der Waals surface area contributed by atoms with Gasteiger partial charge in [0, 0.05) is 31.2 Å². The van der Waals surface area contributed by atoms with Crippen LogP contribution in [0.5, 0.6) is 0 Å². The van der Waals surface area contributed by atoms with Crippen molar-refractivity contribution in [2.24, 2.45) is 5.92 Å². The Kier molecular flexibility index (Phi) is 5.00. The number of sulfonamides is 1. The lowest BCUT2D eigenvalue weighted by atomic mass is 9.96. The number of hydrogen-bond donors (Lipinski definition) is 1. The first-order chi connectivity index (χ1) is 12.9. The Morgan fingerprint density at radius 1 is 1.30 bits per heavy atom. The minimum Gasteiger partial charge on any atom is -0.341 e. The van der Waals surface area contributed by atoms with Gasteiger partial charge in [0.25, 0.3) is 0 Å². The molecule has 0 bridgehead atoms. The van der Waals surface area contributed by atoms with Crippen molar-refractivity contribution < 1.29 is 8.42 Å². The number of nitrogens with one attached hydrogen (secondary N) is 1. The van der Waals surface area contributed by atoms with Gasteiger partial charge in [-0.05, 0) is 72.6 Å². The van der Waals surface area contributed by atoms with Crippen LogP contribution in [0.3, 0.4) is 0 Å². The molecule has 8 heteroatoms. The molecule has 2 aromatic rings. The van der Waals surface area contributed by atoms with Crippen molar-refractivity contribution >= 4 is 44.4 Å². The van der Waals surface area contributed by atoms with E-state index in [1.165, 1.54) is 41.7 Å². The van der Waals surface area contributed by atoms with E-state index in [1.54, 1.807) is 18.2 Å². The number of thiocarbonyl (C=S) groups is 1. The molecule has 1 aromatic carbocycles. The molecule has 0 saturated heterocycles. The van der Waals surface area contributed by atoms with Crippen LogP contribution < -0.4 is 5.32 Å². The van der Waals surface area contributed by atoms with Crippen LogP contribution >= 0.6 is 23.6 Å². The first-order valence-corrected chi connectivity index (χ1v) is 11.8. The lowest BCUT2D eigenvalue weighted by Crippen LogP contribution is -2.42.